The number of carbonyl (C=O) groups excluding carboxylic acids is 3. The first-order chi connectivity index (χ1) is 14.8. The molecular formula is C21H18Cl2N2O5S. The highest BCUT2D eigenvalue weighted by Crippen LogP contribution is 2.36. The van der Waals surface area contributed by atoms with Gasteiger partial charge in [-0.15, -0.1) is 0 Å². The summed E-state index contributed by atoms with van der Waals surface area (Å²) in [6, 6.07) is 9.86. The fraction of sp³-hybridized carbons (Fsp3) is 0.190. The minimum atomic E-state index is -0.425. The summed E-state index contributed by atoms with van der Waals surface area (Å²) in [4.78, 5) is 38.6. The second kappa shape index (κ2) is 10.1. The molecule has 0 atom stereocenters. The number of imide groups is 1. The maximum absolute atomic E-state index is 12.6. The molecule has 31 heavy (non-hydrogen) atoms. The highest BCUT2D eigenvalue weighted by molar-refractivity contribution is 8.18. The second-order valence-corrected chi connectivity index (χ2v) is 8.17. The predicted octanol–water partition coefficient (Wildman–Crippen LogP) is 4.48. The molecule has 0 unspecified atom stereocenters. The van der Waals surface area contributed by atoms with Crippen LogP contribution in [0.15, 0.2) is 41.3 Å². The number of nitrogens with zero attached hydrogens (tertiary/aromatic N) is 1. The van der Waals surface area contributed by atoms with E-state index in [9.17, 15) is 14.4 Å². The summed E-state index contributed by atoms with van der Waals surface area (Å²) in [7, 11) is 2.88. The van der Waals surface area contributed by atoms with Gasteiger partial charge in [0.2, 0.25) is 0 Å². The molecule has 0 aliphatic carbocycles. The van der Waals surface area contributed by atoms with Crippen LogP contribution in [-0.4, -0.2) is 49.3 Å². The first-order valence-corrected chi connectivity index (χ1v) is 10.6. The van der Waals surface area contributed by atoms with E-state index in [-0.39, 0.29) is 23.7 Å². The molecule has 162 valence electrons. The Bertz CT molecular complexity index is 1060. The molecule has 0 bridgehead atoms. The van der Waals surface area contributed by atoms with Crippen molar-refractivity contribution in [2.24, 2.45) is 0 Å². The number of nitrogens with one attached hydrogen (secondary N) is 1. The molecule has 0 radical (unpaired) electrons. The lowest BCUT2D eigenvalue weighted by Gasteiger charge is -2.14. The topological polar surface area (TPSA) is 84.9 Å². The van der Waals surface area contributed by atoms with Gasteiger partial charge in [0.15, 0.2) is 11.5 Å². The molecule has 3 rings (SSSR count). The third-order valence-corrected chi connectivity index (χ3v) is 5.80. The van der Waals surface area contributed by atoms with Gasteiger partial charge in [-0.2, -0.15) is 0 Å². The van der Waals surface area contributed by atoms with Crippen LogP contribution in [0.5, 0.6) is 11.5 Å². The number of thioether (sulfide) groups is 1. The van der Waals surface area contributed by atoms with Crippen LogP contribution in [0.25, 0.3) is 6.08 Å². The molecule has 1 fully saturated rings. The maximum Gasteiger partial charge on any atom is 0.293 e. The molecule has 10 heteroatoms. The normalized spacial score (nSPS) is 14.8. The van der Waals surface area contributed by atoms with E-state index >= 15 is 0 Å². The number of amides is 3. The summed E-state index contributed by atoms with van der Waals surface area (Å²) in [6.45, 7) is 0.118. The molecular weight excluding hydrogens is 463 g/mol. The van der Waals surface area contributed by atoms with Crippen LogP contribution in [0.1, 0.15) is 15.9 Å². The van der Waals surface area contributed by atoms with E-state index in [1.165, 1.54) is 26.4 Å². The Morgan fingerprint density at radius 3 is 2.48 bits per heavy atom. The number of rotatable bonds is 7. The Hall–Kier alpha value is -2.68. The molecule has 1 aliphatic rings. The standard InChI is InChI=1S/C21H18Cl2N2O5S/c1-29-16-11-13(10-15(23)18(16)30-2)19(26)24-7-8-25-20(27)17(31-21(25)28)9-12-3-5-14(22)6-4-12/h3-6,9-11H,7-8H2,1-2H3,(H,24,26). The van der Waals surface area contributed by atoms with E-state index in [2.05, 4.69) is 5.32 Å². The van der Waals surface area contributed by atoms with Crippen molar-refractivity contribution in [1.82, 2.24) is 10.2 Å². The van der Waals surface area contributed by atoms with E-state index in [4.69, 9.17) is 32.7 Å². The monoisotopic (exact) mass is 480 g/mol. The smallest absolute Gasteiger partial charge is 0.293 e. The number of methoxy groups -OCH3 is 2. The summed E-state index contributed by atoms with van der Waals surface area (Å²) >= 11 is 12.8. The zero-order chi connectivity index (χ0) is 22.5. The van der Waals surface area contributed by atoms with Crippen molar-refractivity contribution in [2.45, 2.75) is 0 Å². The van der Waals surface area contributed by atoms with Gasteiger partial charge in [-0.25, -0.2) is 0 Å². The zero-order valence-corrected chi connectivity index (χ0v) is 18.9. The van der Waals surface area contributed by atoms with E-state index in [1.807, 2.05) is 0 Å². The van der Waals surface area contributed by atoms with Gasteiger partial charge in [0.1, 0.15) is 0 Å². The van der Waals surface area contributed by atoms with Crippen LogP contribution in [0, 0.1) is 0 Å². The molecule has 3 amide bonds. The summed E-state index contributed by atoms with van der Waals surface area (Å²) < 4.78 is 10.3. The Kier molecular flexibility index (Phi) is 7.48. The number of carbonyl (C=O) groups is 3. The highest BCUT2D eigenvalue weighted by Gasteiger charge is 2.34. The number of hydrogen-bond donors (Lipinski definition) is 1. The molecule has 1 saturated heterocycles. The third kappa shape index (κ3) is 5.33. The van der Waals surface area contributed by atoms with Crippen molar-refractivity contribution in [2.75, 3.05) is 27.3 Å². The third-order valence-electron chi connectivity index (χ3n) is 4.36. The van der Waals surface area contributed by atoms with Crippen molar-refractivity contribution in [3.63, 3.8) is 0 Å². The Morgan fingerprint density at radius 1 is 1.13 bits per heavy atom. The number of hydrogen-bond acceptors (Lipinski definition) is 6. The van der Waals surface area contributed by atoms with Crippen molar-refractivity contribution in [1.29, 1.82) is 0 Å². The lowest BCUT2D eigenvalue weighted by Crippen LogP contribution is -2.37. The van der Waals surface area contributed by atoms with Gasteiger partial charge in [0, 0.05) is 23.7 Å². The molecule has 1 aliphatic heterocycles. The van der Waals surface area contributed by atoms with Gasteiger partial charge in [0.05, 0.1) is 24.1 Å². The minimum Gasteiger partial charge on any atom is -0.493 e. The SMILES string of the molecule is COc1cc(C(=O)NCCN2C(=O)SC(=Cc3ccc(Cl)cc3)C2=O)cc(Cl)c1OC. The average molecular weight is 481 g/mol. The lowest BCUT2D eigenvalue weighted by molar-refractivity contribution is -0.122. The molecule has 0 spiro atoms. The van der Waals surface area contributed by atoms with Gasteiger partial charge in [-0.1, -0.05) is 35.3 Å². The molecule has 1 heterocycles. The van der Waals surface area contributed by atoms with Crippen LogP contribution in [0.2, 0.25) is 10.0 Å². The Balaban J connectivity index is 1.62. The van der Waals surface area contributed by atoms with Crippen LogP contribution in [-0.2, 0) is 4.79 Å². The molecule has 1 N–H and O–H groups in total. The first-order valence-electron chi connectivity index (χ1n) is 9.04. The van der Waals surface area contributed by atoms with Crippen molar-refractivity contribution >= 4 is 58.1 Å². The fourth-order valence-electron chi connectivity index (χ4n) is 2.84. The van der Waals surface area contributed by atoms with Gasteiger partial charge >= 0.3 is 0 Å². The molecule has 0 aromatic heterocycles. The molecule has 2 aromatic carbocycles. The van der Waals surface area contributed by atoms with Gasteiger partial charge in [-0.05, 0) is 47.7 Å². The van der Waals surface area contributed by atoms with E-state index in [1.54, 1.807) is 30.3 Å². The van der Waals surface area contributed by atoms with Crippen molar-refractivity contribution in [3.05, 3.63) is 62.5 Å². The van der Waals surface area contributed by atoms with Crippen molar-refractivity contribution in [3.8, 4) is 11.5 Å². The number of halogens is 2. The quantitative estimate of drug-likeness (QED) is 0.588. The zero-order valence-electron chi connectivity index (χ0n) is 16.6. The molecule has 7 nitrogen and oxygen atoms in total. The number of benzene rings is 2. The number of ether oxygens (including phenoxy) is 2. The predicted molar refractivity (Wildman–Crippen MR) is 121 cm³/mol. The Morgan fingerprint density at radius 2 is 1.84 bits per heavy atom. The van der Waals surface area contributed by atoms with E-state index in [0.29, 0.717) is 21.4 Å². The van der Waals surface area contributed by atoms with E-state index in [0.717, 1.165) is 22.2 Å². The van der Waals surface area contributed by atoms with Gasteiger partial charge < -0.3 is 14.8 Å². The minimum absolute atomic E-state index is 0.0371. The maximum atomic E-state index is 12.6. The van der Waals surface area contributed by atoms with Crippen LogP contribution < -0.4 is 14.8 Å². The molecule has 2 aromatic rings. The van der Waals surface area contributed by atoms with E-state index < -0.39 is 17.1 Å². The first kappa shape index (κ1) is 23.0. The summed E-state index contributed by atoms with van der Waals surface area (Å²) in [5, 5.41) is 3.08. The highest BCUT2D eigenvalue weighted by atomic mass is 35.5. The van der Waals surface area contributed by atoms with Crippen LogP contribution >= 0.6 is 35.0 Å². The van der Waals surface area contributed by atoms with Crippen molar-refractivity contribution < 1.29 is 23.9 Å². The molecule has 0 saturated carbocycles. The Labute approximate surface area is 193 Å². The average Bonchev–Trinajstić information content (AvgIpc) is 3.01. The second-order valence-electron chi connectivity index (χ2n) is 6.33. The summed E-state index contributed by atoms with van der Waals surface area (Å²) in [6.07, 6.45) is 1.63. The van der Waals surface area contributed by atoms with Gasteiger partial charge in [-0.3, -0.25) is 19.3 Å². The lowest BCUT2D eigenvalue weighted by atomic mass is 10.2. The van der Waals surface area contributed by atoms with Crippen LogP contribution in [0.3, 0.4) is 0 Å². The summed E-state index contributed by atoms with van der Waals surface area (Å²) in [5.74, 6) is -0.190. The largest absolute Gasteiger partial charge is 0.493 e. The summed E-state index contributed by atoms with van der Waals surface area (Å²) in [5.41, 5.74) is 1.02. The fourth-order valence-corrected chi connectivity index (χ4v) is 4.11. The van der Waals surface area contributed by atoms with Gasteiger partial charge in [0.25, 0.3) is 17.1 Å². The van der Waals surface area contributed by atoms with Crippen LogP contribution in [0.4, 0.5) is 4.79 Å².